The Labute approximate surface area is 118 Å². The van der Waals surface area contributed by atoms with Gasteiger partial charge in [0.2, 0.25) is 11.1 Å². The molecule has 1 aliphatic carbocycles. The summed E-state index contributed by atoms with van der Waals surface area (Å²) in [6.07, 6.45) is 4.47. The normalized spacial score (nSPS) is 25.4. The zero-order valence-electron chi connectivity index (χ0n) is 11.8. The molecule has 0 bridgehead atoms. The molecule has 0 aromatic carbocycles. The highest BCUT2D eigenvalue weighted by Gasteiger charge is 2.38. The van der Waals surface area contributed by atoms with Crippen molar-refractivity contribution in [3.8, 4) is 0 Å². The molecule has 1 fully saturated rings. The van der Waals surface area contributed by atoms with E-state index >= 15 is 0 Å². The van der Waals surface area contributed by atoms with Crippen LogP contribution in [0, 0.1) is 5.92 Å². The van der Waals surface area contributed by atoms with Gasteiger partial charge in [-0.2, -0.15) is 4.98 Å². The van der Waals surface area contributed by atoms with Crippen LogP contribution in [0.4, 0.5) is 5.95 Å². The Hall–Kier alpha value is -0.880. The van der Waals surface area contributed by atoms with E-state index in [0.29, 0.717) is 12.0 Å². The van der Waals surface area contributed by atoms with E-state index in [4.69, 9.17) is 4.99 Å². The largest absolute Gasteiger partial charge is 0.296 e. The van der Waals surface area contributed by atoms with Crippen molar-refractivity contribution >= 4 is 23.4 Å². The first-order chi connectivity index (χ1) is 9.26. The molecular weight excluding hydrogens is 258 g/mol. The van der Waals surface area contributed by atoms with Gasteiger partial charge in [0.1, 0.15) is 0 Å². The number of rotatable bonds is 4. The molecule has 2 aliphatic rings. The van der Waals surface area contributed by atoms with E-state index in [2.05, 4.69) is 28.8 Å². The number of hydrogen-bond acceptors (Lipinski definition) is 5. The fourth-order valence-corrected chi connectivity index (χ4v) is 3.59. The Balaban J connectivity index is 1.91. The Kier molecular flexibility index (Phi) is 3.62. The van der Waals surface area contributed by atoms with Crippen LogP contribution >= 0.6 is 11.8 Å². The average Bonchev–Trinajstić information content (AvgIpc) is 3.01. The topological polar surface area (TPSA) is 46.3 Å². The van der Waals surface area contributed by atoms with Gasteiger partial charge < -0.3 is 0 Å². The summed E-state index contributed by atoms with van der Waals surface area (Å²) in [6.45, 7) is 7.61. The third kappa shape index (κ3) is 2.21. The summed E-state index contributed by atoms with van der Waals surface area (Å²) in [5.74, 6) is 1.36. The summed E-state index contributed by atoms with van der Waals surface area (Å²) in [5.41, 5.74) is 1.34. The van der Waals surface area contributed by atoms with Crippen LogP contribution in [0.25, 0.3) is 0 Å². The fraction of sp³-hybridized carbons (Fsp3) is 0.769. The lowest BCUT2D eigenvalue weighted by Crippen LogP contribution is -2.40. The standard InChI is InChI=1S/C13H21N5S/c1-4-17(5-2)10-7-6-9-8-18-12(14-11(9)10)15-13(16-18)19-3/h9-10H,4-8H2,1-3H3. The molecule has 1 saturated carbocycles. The summed E-state index contributed by atoms with van der Waals surface area (Å²) >= 11 is 1.58. The summed E-state index contributed by atoms with van der Waals surface area (Å²) in [7, 11) is 0. The number of nitrogens with zero attached hydrogens (tertiary/aromatic N) is 5. The molecule has 0 spiro atoms. The SMILES string of the molecule is CCN(CC)C1CCC2Cn3nc(SC)nc3N=C21. The molecule has 104 valence electrons. The molecule has 2 unspecified atom stereocenters. The second kappa shape index (κ2) is 5.25. The van der Waals surface area contributed by atoms with Gasteiger partial charge in [-0.1, -0.05) is 25.6 Å². The Bertz CT molecular complexity index is 491. The van der Waals surface area contributed by atoms with Crippen molar-refractivity contribution in [2.45, 2.75) is 44.4 Å². The molecule has 2 heterocycles. The zero-order valence-corrected chi connectivity index (χ0v) is 12.7. The van der Waals surface area contributed by atoms with Crippen molar-refractivity contribution in [1.29, 1.82) is 0 Å². The molecule has 3 rings (SSSR count). The van der Waals surface area contributed by atoms with Crippen LogP contribution in [0.3, 0.4) is 0 Å². The Morgan fingerprint density at radius 3 is 2.79 bits per heavy atom. The molecule has 0 amide bonds. The van der Waals surface area contributed by atoms with Gasteiger partial charge in [0, 0.05) is 17.7 Å². The molecule has 0 N–H and O–H groups in total. The first-order valence-corrected chi connectivity index (χ1v) is 8.30. The highest BCUT2D eigenvalue weighted by molar-refractivity contribution is 7.98. The van der Waals surface area contributed by atoms with Crippen molar-refractivity contribution in [1.82, 2.24) is 19.7 Å². The van der Waals surface area contributed by atoms with Gasteiger partial charge in [0.15, 0.2) is 0 Å². The third-order valence-corrected chi connectivity index (χ3v) is 4.78. The van der Waals surface area contributed by atoms with E-state index < -0.39 is 0 Å². The van der Waals surface area contributed by atoms with Crippen molar-refractivity contribution in [3.05, 3.63) is 0 Å². The predicted octanol–water partition coefficient (Wildman–Crippen LogP) is 2.21. The lowest BCUT2D eigenvalue weighted by atomic mass is 10.0. The van der Waals surface area contributed by atoms with Crippen molar-refractivity contribution < 1.29 is 0 Å². The second-order valence-electron chi connectivity index (χ2n) is 5.13. The van der Waals surface area contributed by atoms with Crippen LogP contribution in [-0.2, 0) is 6.54 Å². The van der Waals surface area contributed by atoms with E-state index in [9.17, 15) is 0 Å². The smallest absolute Gasteiger partial charge is 0.248 e. The number of aliphatic imine (C=N–C) groups is 1. The minimum Gasteiger partial charge on any atom is -0.296 e. The number of aromatic nitrogens is 3. The Morgan fingerprint density at radius 2 is 2.11 bits per heavy atom. The van der Waals surface area contributed by atoms with Gasteiger partial charge in [-0.05, 0) is 32.2 Å². The maximum Gasteiger partial charge on any atom is 0.248 e. The predicted molar refractivity (Wildman–Crippen MR) is 78.3 cm³/mol. The summed E-state index contributed by atoms with van der Waals surface area (Å²) in [4.78, 5) is 11.8. The third-order valence-electron chi connectivity index (χ3n) is 4.24. The van der Waals surface area contributed by atoms with E-state index in [1.54, 1.807) is 11.8 Å². The summed E-state index contributed by atoms with van der Waals surface area (Å²) in [5, 5.41) is 5.32. The number of fused-ring (bicyclic) bond motifs is 2. The van der Waals surface area contributed by atoms with Crippen LogP contribution in [0.15, 0.2) is 10.1 Å². The minimum atomic E-state index is 0.517. The highest BCUT2D eigenvalue weighted by Crippen LogP contribution is 2.34. The van der Waals surface area contributed by atoms with Crippen LogP contribution in [0.1, 0.15) is 26.7 Å². The van der Waals surface area contributed by atoms with Gasteiger partial charge in [0.25, 0.3) is 0 Å². The van der Waals surface area contributed by atoms with Gasteiger partial charge in [-0.25, -0.2) is 9.67 Å². The monoisotopic (exact) mass is 279 g/mol. The molecular formula is C13H21N5S. The molecule has 1 aromatic heterocycles. The summed E-state index contributed by atoms with van der Waals surface area (Å²) < 4.78 is 1.98. The van der Waals surface area contributed by atoms with Crippen LogP contribution in [0.5, 0.6) is 0 Å². The van der Waals surface area contributed by atoms with Crippen molar-refractivity contribution in [2.75, 3.05) is 19.3 Å². The fourth-order valence-electron chi connectivity index (χ4n) is 3.24. The maximum atomic E-state index is 4.83. The van der Waals surface area contributed by atoms with Gasteiger partial charge in [-0.15, -0.1) is 5.10 Å². The van der Waals surface area contributed by atoms with E-state index in [-0.39, 0.29) is 0 Å². The van der Waals surface area contributed by atoms with Crippen LogP contribution < -0.4 is 0 Å². The molecule has 0 saturated heterocycles. The van der Waals surface area contributed by atoms with Crippen LogP contribution in [0.2, 0.25) is 0 Å². The van der Waals surface area contributed by atoms with E-state index in [1.807, 2.05) is 10.9 Å². The lowest BCUT2D eigenvalue weighted by Gasteiger charge is -2.28. The molecule has 6 heteroatoms. The van der Waals surface area contributed by atoms with Gasteiger partial charge in [0.05, 0.1) is 6.54 Å². The molecule has 19 heavy (non-hydrogen) atoms. The van der Waals surface area contributed by atoms with Crippen LogP contribution in [-0.4, -0.2) is 50.8 Å². The quantitative estimate of drug-likeness (QED) is 0.793. The minimum absolute atomic E-state index is 0.517. The second-order valence-corrected chi connectivity index (χ2v) is 5.90. The molecule has 1 aromatic rings. The number of hydrogen-bond donors (Lipinski definition) is 0. The summed E-state index contributed by atoms with van der Waals surface area (Å²) in [6, 6.07) is 0.517. The van der Waals surface area contributed by atoms with Gasteiger partial charge >= 0.3 is 0 Å². The molecule has 0 radical (unpaired) electrons. The first-order valence-electron chi connectivity index (χ1n) is 7.08. The van der Waals surface area contributed by atoms with E-state index in [0.717, 1.165) is 30.7 Å². The Morgan fingerprint density at radius 1 is 1.32 bits per heavy atom. The molecule has 5 nitrogen and oxygen atoms in total. The molecule has 2 atom stereocenters. The highest BCUT2D eigenvalue weighted by atomic mass is 32.2. The number of thioether (sulfide) groups is 1. The lowest BCUT2D eigenvalue weighted by molar-refractivity contribution is 0.266. The van der Waals surface area contributed by atoms with Crippen molar-refractivity contribution in [2.24, 2.45) is 10.9 Å². The maximum absolute atomic E-state index is 4.83. The zero-order chi connectivity index (χ0) is 13.4. The van der Waals surface area contributed by atoms with E-state index in [1.165, 1.54) is 18.6 Å². The van der Waals surface area contributed by atoms with Crippen molar-refractivity contribution in [3.63, 3.8) is 0 Å². The van der Waals surface area contributed by atoms with Gasteiger partial charge in [-0.3, -0.25) is 4.90 Å². The first kappa shape index (κ1) is 13.1. The molecule has 1 aliphatic heterocycles. The average molecular weight is 279 g/mol.